The lowest BCUT2D eigenvalue weighted by molar-refractivity contribution is 0.0735. The van der Waals surface area contributed by atoms with Crippen molar-refractivity contribution in [3.63, 3.8) is 0 Å². The van der Waals surface area contributed by atoms with Crippen molar-refractivity contribution in [1.82, 2.24) is 30.1 Å². The summed E-state index contributed by atoms with van der Waals surface area (Å²) >= 11 is 30.0. The molecule has 3 aromatic heterocycles. The predicted molar refractivity (Wildman–Crippen MR) is 110 cm³/mol. The van der Waals surface area contributed by atoms with E-state index in [9.17, 15) is 4.79 Å². The minimum absolute atomic E-state index is 0.0311. The first kappa shape index (κ1) is 21.3. The van der Waals surface area contributed by atoms with Gasteiger partial charge in [-0.3, -0.25) is 15.3 Å². The van der Waals surface area contributed by atoms with Crippen LogP contribution in [0.2, 0.25) is 25.6 Å². The Labute approximate surface area is 184 Å². The van der Waals surface area contributed by atoms with E-state index in [4.69, 9.17) is 63.8 Å². The zero-order valence-electron chi connectivity index (χ0n) is 14.0. The molecule has 0 fully saturated rings. The van der Waals surface area contributed by atoms with Crippen LogP contribution in [0.5, 0.6) is 0 Å². The molecule has 0 aliphatic carbocycles. The smallest absolute Gasteiger partial charge is 0.259 e. The highest BCUT2D eigenvalue weighted by Gasteiger charge is 2.23. The van der Waals surface area contributed by atoms with Crippen LogP contribution in [0.1, 0.15) is 10.4 Å². The third-order valence-corrected chi connectivity index (χ3v) is 5.07. The molecule has 148 valence electrons. The number of amides is 1. The second kappa shape index (κ2) is 8.96. The second-order valence-corrected chi connectivity index (χ2v) is 7.46. The van der Waals surface area contributed by atoms with Crippen molar-refractivity contribution >= 4 is 74.8 Å². The summed E-state index contributed by atoms with van der Waals surface area (Å²) in [7, 11) is 0. The van der Waals surface area contributed by atoms with Gasteiger partial charge in [-0.15, -0.1) is 0 Å². The van der Waals surface area contributed by atoms with Gasteiger partial charge >= 0.3 is 0 Å². The van der Waals surface area contributed by atoms with Gasteiger partial charge in [-0.2, -0.15) is 5.10 Å². The average molecular weight is 484 g/mol. The fraction of sp³-hybridized carbons (Fsp3) is 0.200. The zero-order chi connectivity index (χ0) is 20.4. The summed E-state index contributed by atoms with van der Waals surface area (Å²) in [5, 5.41) is 5.48. The Morgan fingerprint density at radius 3 is 2.46 bits per heavy atom. The molecular formula is C15H12Cl5N7O. The molecule has 0 bridgehead atoms. The second-order valence-electron chi connectivity index (χ2n) is 5.56. The van der Waals surface area contributed by atoms with Crippen LogP contribution in [0.15, 0.2) is 18.3 Å². The molecule has 3 N–H and O–H groups in total. The highest BCUT2D eigenvalue weighted by atomic mass is 35.5. The van der Waals surface area contributed by atoms with Gasteiger partial charge in [0.25, 0.3) is 5.91 Å². The predicted octanol–water partition coefficient (Wildman–Crippen LogP) is 3.66. The molecule has 8 nitrogen and oxygen atoms in total. The van der Waals surface area contributed by atoms with Crippen molar-refractivity contribution in [3.8, 4) is 0 Å². The Bertz CT molecular complexity index is 1020. The van der Waals surface area contributed by atoms with Crippen LogP contribution in [0.25, 0.3) is 10.9 Å². The number of hydrogen-bond acceptors (Lipinski definition) is 6. The number of pyridine rings is 2. The normalized spacial score (nSPS) is 11.2. The molecular weight excluding hydrogens is 471 g/mol. The van der Waals surface area contributed by atoms with E-state index in [1.54, 1.807) is 16.9 Å². The maximum atomic E-state index is 12.9. The van der Waals surface area contributed by atoms with Gasteiger partial charge in [0.1, 0.15) is 20.6 Å². The van der Waals surface area contributed by atoms with Crippen LogP contribution in [0, 0.1) is 0 Å². The summed E-state index contributed by atoms with van der Waals surface area (Å²) in [6.07, 6.45) is 1.57. The zero-order valence-corrected chi connectivity index (χ0v) is 17.7. The van der Waals surface area contributed by atoms with Crippen molar-refractivity contribution in [1.29, 1.82) is 0 Å². The molecule has 13 heteroatoms. The van der Waals surface area contributed by atoms with E-state index in [0.29, 0.717) is 17.4 Å². The Kier molecular flexibility index (Phi) is 6.82. The Balaban J connectivity index is 1.86. The quantitative estimate of drug-likeness (QED) is 0.240. The van der Waals surface area contributed by atoms with E-state index in [-0.39, 0.29) is 44.4 Å². The minimum Gasteiger partial charge on any atom is -0.323 e. The molecule has 0 saturated heterocycles. The fourth-order valence-corrected chi connectivity index (χ4v) is 3.92. The SMILES string of the molecule is NNCN(CCn1ncc2c(Cl)nc(Cl)cc21)C(=O)c1c(Cl)cc(Cl)nc1Cl. The van der Waals surface area contributed by atoms with E-state index in [1.807, 2.05) is 0 Å². The molecule has 0 aliphatic rings. The number of nitrogens with two attached hydrogens (primary N) is 1. The summed E-state index contributed by atoms with van der Waals surface area (Å²) in [5.41, 5.74) is 3.16. The number of nitrogens with zero attached hydrogens (tertiary/aromatic N) is 5. The van der Waals surface area contributed by atoms with Gasteiger partial charge in [-0.1, -0.05) is 58.0 Å². The van der Waals surface area contributed by atoms with Gasteiger partial charge < -0.3 is 4.90 Å². The van der Waals surface area contributed by atoms with Crippen molar-refractivity contribution in [2.75, 3.05) is 13.2 Å². The molecule has 3 heterocycles. The third kappa shape index (κ3) is 4.44. The number of hydrogen-bond donors (Lipinski definition) is 2. The lowest BCUT2D eigenvalue weighted by Crippen LogP contribution is -2.43. The van der Waals surface area contributed by atoms with Crippen LogP contribution < -0.4 is 11.3 Å². The molecule has 0 spiro atoms. The Morgan fingerprint density at radius 1 is 1.11 bits per heavy atom. The van der Waals surface area contributed by atoms with Crippen molar-refractivity contribution in [2.45, 2.75) is 6.54 Å². The standard InChI is InChI=1S/C15H12Cl5N7O/c16-8-3-10(17)25-14(20)12(8)15(28)26(6-22-21)1-2-27-9-4-11(18)24-13(19)7(9)5-23-27/h3-5,22H,1-2,6,21H2. The molecule has 0 aliphatic heterocycles. The van der Waals surface area contributed by atoms with Crippen LogP contribution in [-0.2, 0) is 6.54 Å². The number of halogens is 5. The first-order chi connectivity index (χ1) is 13.3. The molecule has 1 amide bonds. The number of nitrogens with one attached hydrogen (secondary N) is 1. The van der Waals surface area contributed by atoms with E-state index in [0.717, 1.165) is 0 Å². The number of rotatable bonds is 6. The fourth-order valence-electron chi connectivity index (χ4n) is 2.57. The molecule has 0 aromatic carbocycles. The number of carbonyl (C=O) groups excluding carboxylic acids is 1. The topological polar surface area (TPSA) is 102 Å². The van der Waals surface area contributed by atoms with E-state index in [1.165, 1.54) is 11.0 Å². The van der Waals surface area contributed by atoms with Crippen molar-refractivity contribution in [2.24, 2.45) is 5.84 Å². The van der Waals surface area contributed by atoms with E-state index in [2.05, 4.69) is 20.5 Å². The van der Waals surface area contributed by atoms with Gasteiger partial charge in [0.15, 0.2) is 0 Å². The lowest BCUT2D eigenvalue weighted by atomic mass is 10.2. The number of fused-ring (bicyclic) bond motifs is 1. The van der Waals surface area contributed by atoms with Gasteiger partial charge in [0.05, 0.1) is 40.9 Å². The number of hydrazine groups is 1. The van der Waals surface area contributed by atoms with Crippen molar-refractivity contribution in [3.05, 3.63) is 49.5 Å². The minimum atomic E-state index is -0.466. The first-order valence-electron chi connectivity index (χ1n) is 7.73. The number of aromatic nitrogens is 4. The van der Waals surface area contributed by atoms with Crippen LogP contribution in [0.4, 0.5) is 0 Å². The molecule has 0 saturated carbocycles. The van der Waals surface area contributed by atoms with Crippen LogP contribution in [0.3, 0.4) is 0 Å². The van der Waals surface area contributed by atoms with Crippen molar-refractivity contribution < 1.29 is 4.79 Å². The number of carbonyl (C=O) groups is 1. The maximum absolute atomic E-state index is 12.9. The van der Waals surface area contributed by atoms with Gasteiger partial charge in [-0.05, 0) is 6.07 Å². The largest absolute Gasteiger partial charge is 0.323 e. The summed E-state index contributed by atoms with van der Waals surface area (Å²) in [6.45, 7) is 0.590. The summed E-state index contributed by atoms with van der Waals surface area (Å²) in [6, 6.07) is 2.98. The maximum Gasteiger partial charge on any atom is 0.259 e. The molecule has 3 rings (SSSR count). The highest BCUT2D eigenvalue weighted by Crippen LogP contribution is 2.28. The third-order valence-electron chi connectivity index (χ3n) is 3.82. The first-order valence-corrected chi connectivity index (χ1v) is 9.62. The monoisotopic (exact) mass is 481 g/mol. The van der Waals surface area contributed by atoms with Gasteiger partial charge in [-0.25, -0.2) is 15.4 Å². The van der Waals surface area contributed by atoms with Gasteiger partial charge in [0.2, 0.25) is 0 Å². The average Bonchev–Trinajstić information content (AvgIpc) is 3.00. The summed E-state index contributed by atoms with van der Waals surface area (Å²) < 4.78 is 1.65. The van der Waals surface area contributed by atoms with Gasteiger partial charge in [0, 0.05) is 12.6 Å². The summed E-state index contributed by atoms with van der Waals surface area (Å²) in [4.78, 5) is 22.2. The Hall–Kier alpha value is -1.39. The molecule has 0 atom stereocenters. The lowest BCUT2D eigenvalue weighted by Gasteiger charge is -2.23. The van der Waals surface area contributed by atoms with E-state index < -0.39 is 5.91 Å². The molecule has 0 unspecified atom stereocenters. The molecule has 3 aromatic rings. The van der Waals surface area contributed by atoms with Crippen LogP contribution >= 0.6 is 58.0 Å². The molecule has 28 heavy (non-hydrogen) atoms. The highest BCUT2D eigenvalue weighted by molar-refractivity contribution is 6.40. The van der Waals surface area contributed by atoms with Crippen LogP contribution in [-0.4, -0.2) is 43.8 Å². The summed E-state index contributed by atoms with van der Waals surface area (Å²) in [5.74, 6) is 4.95. The van der Waals surface area contributed by atoms with E-state index >= 15 is 0 Å². The molecule has 0 radical (unpaired) electrons. The Morgan fingerprint density at radius 2 is 1.79 bits per heavy atom.